The maximum absolute atomic E-state index is 13.1. The van der Waals surface area contributed by atoms with Crippen molar-refractivity contribution in [2.75, 3.05) is 14.2 Å². The second-order valence-corrected chi connectivity index (χ2v) is 8.24. The Morgan fingerprint density at radius 3 is 2.22 bits per heavy atom. The van der Waals surface area contributed by atoms with Gasteiger partial charge in [0.1, 0.15) is 23.2 Å². The zero-order chi connectivity index (χ0) is 26.5. The lowest BCUT2D eigenvalue weighted by molar-refractivity contribution is -0.142. The van der Waals surface area contributed by atoms with Crippen LogP contribution in [0.3, 0.4) is 0 Å². The molecular formula is C28H24N2O7. The topological polar surface area (TPSA) is 135 Å². The number of hydrogen-bond acceptors (Lipinski definition) is 7. The third kappa shape index (κ3) is 5.67. The summed E-state index contributed by atoms with van der Waals surface area (Å²) in [6.45, 7) is 0. The molecule has 3 aromatic carbocycles. The van der Waals surface area contributed by atoms with Crippen LogP contribution in [0.5, 0.6) is 11.5 Å². The molecule has 9 heteroatoms. The number of fused-ring (bicyclic) bond motifs is 1. The lowest BCUT2D eigenvalue weighted by atomic mass is 10.00. The fourth-order valence-corrected chi connectivity index (χ4v) is 3.92. The molecule has 1 aromatic heterocycles. The number of aromatic hydroxyl groups is 1. The number of aromatic carboxylic acids is 1. The van der Waals surface area contributed by atoms with Crippen LogP contribution >= 0.6 is 0 Å². The number of carbonyl (C=O) groups is 3. The summed E-state index contributed by atoms with van der Waals surface area (Å²) in [6, 6.07) is 18.8. The van der Waals surface area contributed by atoms with Crippen LogP contribution in [0.15, 0.2) is 72.8 Å². The summed E-state index contributed by atoms with van der Waals surface area (Å²) in [5.74, 6) is -1.85. The molecule has 0 bridgehead atoms. The number of rotatable bonds is 8. The molecule has 1 amide bonds. The van der Waals surface area contributed by atoms with Crippen LogP contribution < -0.4 is 10.1 Å². The highest BCUT2D eigenvalue weighted by Gasteiger charge is 2.25. The van der Waals surface area contributed by atoms with E-state index in [0.29, 0.717) is 22.2 Å². The van der Waals surface area contributed by atoms with E-state index in [0.717, 1.165) is 11.1 Å². The standard InChI is InChI=1S/C28H24N2O7/c1-36-20-10-5-17(6-11-20)18-7-12-23-21(14-18)22(27(33)34)15-24(29-23)26(32)30-25(28(35)37-2)13-16-3-8-19(31)9-4-16/h3-12,14-15,25,31H,13H2,1-2H3,(H,30,32)(H,33,34). The molecule has 9 nitrogen and oxygen atoms in total. The largest absolute Gasteiger partial charge is 0.508 e. The minimum absolute atomic E-state index is 0.0686. The first-order valence-corrected chi connectivity index (χ1v) is 11.3. The number of amides is 1. The molecule has 0 aliphatic carbocycles. The van der Waals surface area contributed by atoms with E-state index in [1.165, 1.54) is 25.3 Å². The van der Waals surface area contributed by atoms with Crippen molar-refractivity contribution in [2.45, 2.75) is 12.5 Å². The van der Waals surface area contributed by atoms with Gasteiger partial charge in [0.05, 0.1) is 25.3 Å². The average Bonchev–Trinajstić information content (AvgIpc) is 2.92. The molecule has 0 saturated heterocycles. The Labute approximate surface area is 212 Å². The molecule has 0 radical (unpaired) electrons. The van der Waals surface area contributed by atoms with E-state index in [2.05, 4.69) is 10.3 Å². The maximum Gasteiger partial charge on any atom is 0.336 e. The molecule has 1 heterocycles. The maximum atomic E-state index is 13.1. The van der Waals surface area contributed by atoms with Crippen molar-refractivity contribution in [3.63, 3.8) is 0 Å². The van der Waals surface area contributed by atoms with Gasteiger partial charge in [0.25, 0.3) is 5.91 Å². The zero-order valence-electron chi connectivity index (χ0n) is 20.1. The first-order chi connectivity index (χ1) is 17.8. The predicted octanol–water partition coefficient (Wildman–Crippen LogP) is 3.83. The monoisotopic (exact) mass is 500 g/mol. The highest BCUT2D eigenvalue weighted by molar-refractivity contribution is 6.07. The molecule has 0 spiro atoms. The molecule has 0 saturated carbocycles. The number of hydrogen-bond donors (Lipinski definition) is 3. The van der Waals surface area contributed by atoms with E-state index in [4.69, 9.17) is 9.47 Å². The van der Waals surface area contributed by atoms with Crippen molar-refractivity contribution < 1.29 is 34.1 Å². The van der Waals surface area contributed by atoms with Gasteiger partial charge in [-0.25, -0.2) is 14.6 Å². The molecule has 0 aliphatic rings. The summed E-state index contributed by atoms with van der Waals surface area (Å²) >= 11 is 0. The molecule has 37 heavy (non-hydrogen) atoms. The summed E-state index contributed by atoms with van der Waals surface area (Å²) in [5.41, 5.74) is 2.38. The Morgan fingerprint density at radius 2 is 1.59 bits per heavy atom. The van der Waals surface area contributed by atoms with Gasteiger partial charge in [0.15, 0.2) is 0 Å². The fourth-order valence-electron chi connectivity index (χ4n) is 3.92. The number of nitrogens with one attached hydrogen (secondary N) is 1. The van der Waals surface area contributed by atoms with E-state index in [9.17, 15) is 24.6 Å². The lowest BCUT2D eigenvalue weighted by Gasteiger charge is -2.17. The van der Waals surface area contributed by atoms with Crippen LogP contribution in [-0.2, 0) is 16.0 Å². The number of ether oxygens (including phenoxy) is 2. The van der Waals surface area contributed by atoms with Crippen LogP contribution in [-0.4, -0.2) is 53.3 Å². The molecule has 0 aliphatic heterocycles. The molecule has 1 atom stereocenters. The summed E-state index contributed by atoms with van der Waals surface area (Å²) in [6.07, 6.45) is 0.100. The number of phenolic OH excluding ortho intramolecular Hbond substituents is 1. The summed E-state index contributed by atoms with van der Waals surface area (Å²) < 4.78 is 10.0. The zero-order valence-corrected chi connectivity index (χ0v) is 20.1. The van der Waals surface area contributed by atoms with Gasteiger partial charge < -0.3 is 25.0 Å². The Hall–Kier alpha value is -4.92. The third-order valence-corrected chi connectivity index (χ3v) is 5.86. The number of phenols is 1. The van der Waals surface area contributed by atoms with Gasteiger partial charge in [-0.3, -0.25) is 4.79 Å². The highest BCUT2D eigenvalue weighted by atomic mass is 16.5. The fraction of sp³-hybridized carbons (Fsp3) is 0.143. The average molecular weight is 501 g/mol. The van der Waals surface area contributed by atoms with Crippen molar-refractivity contribution in [1.82, 2.24) is 10.3 Å². The third-order valence-electron chi connectivity index (χ3n) is 5.86. The second-order valence-electron chi connectivity index (χ2n) is 8.24. The van der Waals surface area contributed by atoms with Crippen molar-refractivity contribution in [2.24, 2.45) is 0 Å². The summed E-state index contributed by atoms with van der Waals surface area (Å²) in [5, 5.41) is 22.3. The van der Waals surface area contributed by atoms with Crippen LogP contribution in [0.2, 0.25) is 0 Å². The van der Waals surface area contributed by atoms with Gasteiger partial charge in [-0.2, -0.15) is 0 Å². The first kappa shape index (κ1) is 25.2. The van der Waals surface area contributed by atoms with Gasteiger partial charge in [-0.05, 0) is 59.2 Å². The Morgan fingerprint density at radius 1 is 0.919 bits per heavy atom. The number of carboxylic acid groups (broad SMARTS) is 1. The van der Waals surface area contributed by atoms with Gasteiger partial charge in [-0.15, -0.1) is 0 Å². The highest BCUT2D eigenvalue weighted by Crippen LogP contribution is 2.28. The molecule has 3 N–H and O–H groups in total. The Kier molecular flexibility index (Phi) is 7.34. The van der Waals surface area contributed by atoms with E-state index in [1.54, 1.807) is 49.6 Å². The van der Waals surface area contributed by atoms with Crippen molar-refractivity contribution >= 4 is 28.7 Å². The number of methoxy groups -OCH3 is 2. The molecular weight excluding hydrogens is 476 g/mol. The number of benzene rings is 3. The Balaban J connectivity index is 1.66. The molecule has 0 fully saturated rings. The quantitative estimate of drug-likeness (QED) is 0.311. The van der Waals surface area contributed by atoms with E-state index >= 15 is 0 Å². The van der Waals surface area contributed by atoms with Crippen LogP contribution in [0.25, 0.3) is 22.0 Å². The van der Waals surface area contributed by atoms with Gasteiger partial charge >= 0.3 is 11.9 Å². The van der Waals surface area contributed by atoms with E-state index < -0.39 is 23.9 Å². The van der Waals surface area contributed by atoms with E-state index in [1.807, 2.05) is 12.1 Å². The SMILES string of the molecule is COC(=O)C(Cc1ccc(O)cc1)NC(=O)c1cc(C(=O)O)c2cc(-c3ccc(OC)cc3)ccc2n1. The molecule has 1 unspecified atom stereocenters. The minimum Gasteiger partial charge on any atom is -0.508 e. The van der Waals surface area contributed by atoms with Crippen molar-refractivity contribution in [3.05, 3.63) is 89.6 Å². The van der Waals surface area contributed by atoms with Gasteiger partial charge in [-0.1, -0.05) is 30.3 Å². The van der Waals surface area contributed by atoms with Crippen LogP contribution in [0, 0.1) is 0 Å². The van der Waals surface area contributed by atoms with Crippen LogP contribution in [0.1, 0.15) is 26.4 Å². The number of carbonyl (C=O) groups excluding carboxylic acids is 2. The number of pyridine rings is 1. The second kappa shape index (κ2) is 10.8. The molecule has 188 valence electrons. The molecule has 4 rings (SSSR count). The number of carboxylic acids is 1. The van der Waals surface area contributed by atoms with E-state index in [-0.39, 0.29) is 23.4 Å². The summed E-state index contributed by atoms with van der Waals surface area (Å²) in [4.78, 5) is 41.9. The smallest absolute Gasteiger partial charge is 0.336 e. The minimum atomic E-state index is -1.22. The van der Waals surface area contributed by atoms with Gasteiger partial charge in [0.2, 0.25) is 0 Å². The number of esters is 1. The number of aromatic nitrogens is 1. The van der Waals surface area contributed by atoms with Crippen molar-refractivity contribution in [1.29, 1.82) is 0 Å². The van der Waals surface area contributed by atoms with Crippen LogP contribution in [0.4, 0.5) is 0 Å². The van der Waals surface area contributed by atoms with Gasteiger partial charge in [0, 0.05) is 11.8 Å². The van der Waals surface area contributed by atoms with Crippen molar-refractivity contribution in [3.8, 4) is 22.6 Å². The lowest BCUT2D eigenvalue weighted by Crippen LogP contribution is -2.43. The first-order valence-electron chi connectivity index (χ1n) is 11.3. The predicted molar refractivity (Wildman–Crippen MR) is 136 cm³/mol. The molecule has 4 aromatic rings. The Bertz CT molecular complexity index is 1460. The summed E-state index contributed by atoms with van der Waals surface area (Å²) in [7, 11) is 2.78. The number of nitrogens with zero attached hydrogens (tertiary/aromatic N) is 1. The normalized spacial score (nSPS) is 11.5.